The van der Waals surface area contributed by atoms with Crippen LogP contribution in [0.15, 0.2) is 141 Å². The highest BCUT2D eigenvalue weighted by molar-refractivity contribution is 6.16. The molecule has 8 aromatic rings. The highest BCUT2D eigenvalue weighted by atomic mass is 15.2. The first-order chi connectivity index (χ1) is 24.8. The lowest BCUT2D eigenvalue weighted by atomic mass is 9.68. The van der Waals surface area contributed by atoms with Crippen LogP contribution < -0.4 is 9.80 Å². The number of para-hydroxylation sites is 1. The lowest BCUT2D eigenvalue weighted by Gasteiger charge is -2.42. The third-order valence-electron chi connectivity index (χ3n) is 11.0. The summed E-state index contributed by atoms with van der Waals surface area (Å²) in [6.07, 6.45) is 15.0. The number of hydrogen-bond acceptors (Lipinski definition) is 6. The van der Waals surface area contributed by atoms with Gasteiger partial charge in [-0.2, -0.15) is 0 Å². The van der Waals surface area contributed by atoms with Gasteiger partial charge >= 0.3 is 0 Å². The van der Waals surface area contributed by atoms with Gasteiger partial charge < -0.3 is 14.4 Å². The third kappa shape index (κ3) is 4.12. The molecular weight excluding hydrogens is 627 g/mol. The zero-order valence-corrected chi connectivity index (χ0v) is 28.9. The molecule has 246 valence electrons. The Kier molecular flexibility index (Phi) is 6.13. The molecule has 0 saturated carbocycles. The summed E-state index contributed by atoms with van der Waals surface area (Å²) in [5, 5.41) is 2.42. The van der Waals surface area contributed by atoms with E-state index < -0.39 is 0 Å². The Morgan fingerprint density at radius 1 is 0.431 bits per heavy atom. The molecule has 0 unspecified atom stereocenters. The molecule has 5 aromatic heterocycles. The third-order valence-corrected chi connectivity index (χ3v) is 11.0. The van der Waals surface area contributed by atoms with Gasteiger partial charge in [0.25, 0.3) is 0 Å². The van der Waals surface area contributed by atoms with Gasteiger partial charge in [-0.3, -0.25) is 19.9 Å². The second-order valence-electron chi connectivity index (χ2n) is 14.6. The van der Waals surface area contributed by atoms with E-state index in [1.54, 1.807) is 0 Å². The lowest BCUT2D eigenvalue weighted by molar-refractivity contribution is 0.593. The zero-order valence-electron chi connectivity index (χ0n) is 28.9. The van der Waals surface area contributed by atoms with Crippen LogP contribution in [0.25, 0.3) is 27.5 Å². The molecule has 51 heavy (non-hydrogen) atoms. The minimum absolute atomic E-state index is 0.270. The fraction of sp³-hybridized carbons (Fsp3) is 0.136. The molecule has 0 amide bonds. The fourth-order valence-electron chi connectivity index (χ4n) is 8.60. The first-order valence-electron chi connectivity index (χ1n) is 17.4. The van der Waals surface area contributed by atoms with Crippen LogP contribution in [-0.2, 0) is 10.8 Å². The van der Waals surface area contributed by atoms with E-state index in [9.17, 15) is 0 Å². The van der Waals surface area contributed by atoms with Crippen molar-refractivity contribution in [3.8, 4) is 5.69 Å². The number of nitrogens with zero attached hydrogens (tertiary/aromatic N) is 7. The van der Waals surface area contributed by atoms with Gasteiger partial charge in [-0.05, 0) is 95.1 Å². The normalized spacial score (nSPS) is 14.6. The van der Waals surface area contributed by atoms with E-state index in [0.29, 0.717) is 0 Å². The Morgan fingerprint density at radius 3 is 1.14 bits per heavy atom. The summed E-state index contributed by atoms with van der Waals surface area (Å²) >= 11 is 0. The topological polar surface area (TPSA) is 63.0 Å². The molecule has 2 aliphatic rings. The number of benzene rings is 3. The quantitative estimate of drug-likeness (QED) is 0.177. The second kappa shape index (κ2) is 10.6. The summed E-state index contributed by atoms with van der Waals surface area (Å²) in [5.74, 6) is 0. The molecule has 0 saturated heterocycles. The van der Waals surface area contributed by atoms with E-state index in [4.69, 9.17) is 0 Å². The molecule has 7 nitrogen and oxygen atoms in total. The summed E-state index contributed by atoms with van der Waals surface area (Å²) in [7, 11) is 0. The van der Waals surface area contributed by atoms with Crippen molar-refractivity contribution in [3.05, 3.63) is 163 Å². The van der Waals surface area contributed by atoms with E-state index in [-0.39, 0.29) is 10.8 Å². The molecule has 7 heterocycles. The number of pyridine rings is 4. The number of hydrogen-bond donors (Lipinski definition) is 0. The summed E-state index contributed by atoms with van der Waals surface area (Å²) in [5.41, 5.74) is 14.6. The van der Waals surface area contributed by atoms with Crippen molar-refractivity contribution >= 4 is 55.9 Å². The first-order valence-corrected chi connectivity index (χ1v) is 17.4. The lowest BCUT2D eigenvalue weighted by Crippen LogP contribution is -2.33. The van der Waals surface area contributed by atoms with Gasteiger partial charge in [0, 0.05) is 57.8 Å². The number of aromatic nitrogens is 5. The van der Waals surface area contributed by atoms with Crippen LogP contribution in [0.2, 0.25) is 0 Å². The van der Waals surface area contributed by atoms with Gasteiger partial charge in [-0.1, -0.05) is 45.9 Å². The summed E-state index contributed by atoms with van der Waals surface area (Å²) in [6.45, 7) is 9.51. The molecular formula is C44H35N7. The average Bonchev–Trinajstić information content (AvgIpc) is 3.49. The smallest absolute Gasteiger partial charge is 0.0645 e. The Balaban J connectivity index is 1.36. The molecule has 0 atom stereocenters. The maximum absolute atomic E-state index is 4.53. The van der Waals surface area contributed by atoms with E-state index >= 15 is 0 Å². The van der Waals surface area contributed by atoms with Crippen molar-refractivity contribution in [2.45, 2.75) is 38.5 Å². The highest BCUT2D eigenvalue weighted by Crippen LogP contribution is 2.57. The summed E-state index contributed by atoms with van der Waals surface area (Å²) < 4.78 is 2.57. The Bertz CT molecular complexity index is 2370. The Morgan fingerprint density at radius 2 is 0.804 bits per heavy atom. The highest BCUT2D eigenvalue weighted by Gasteiger charge is 2.44. The van der Waals surface area contributed by atoms with Crippen LogP contribution in [-0.4, -0.2) is 24.5 Å². The predicted octanol–water partition coefficient (Wildman–Crippen LogP) is 10.6. The van der Waals surface area contributed by atoms with E-state index in [1.165, 1.54) is 49.7 Å². The largest absolute Gasteiger partial charge is 0.308 e. The van der Waals surface area contributed by atoms with Crippen LogP contribution in [0.4, 0.5) is 34.1 Å². The summed E-state index contributed by atoms with van der Waals surface area (Å²) in [4.78, 5) is 22.6. The molecule has 0 radical (unpaired) electrons. The molecule has 3 aromatic carbocycles. The van der Waals surface area contributed by atoms with Crippen LogP contribution in [0.3, 0.4) is 0 Å². The molecule has 10 rings (SSSR count). The zero-order chi connectivity index (χ0) is 34.5. The van der Waals surface area contributed by atoms with E-state index in [1.807, 2.05) is 73.8 Å². The maximum atomic E-state index is 4.53. The van der Waals surface area contributed by atoms with Gasteiger partial charge in [0.15, 0.2) is 0 Å². The molecule has 7 heteroatoms. The van der Waals surface area contributed by atoms with Crippen molar-refractivity contribution in [2.24, 2.45) is 0 Å². The molecule has 0 N–H and O–H groups in total. The monoisotopic (exact) mass is 661 g/mol. The predicted molar refractivity (Wildman–Crippen MR) is 206 cm³/mol. The van der Waals surface area contributed by atoms with Crippen molar-refractivity contribution in [2.75, 3.05) is 9.80 Å². The molecule has 2 aliphatic heterocycles. The summed E-state index contributed by atoms with van der Waals surface area (Å²) in [6, 6.07) is 32.8. The van der Waals surface area contributed by atoms with Crippen LogP contribution in [0.5, 0.6) is 0 Å². The van der Waals surface area contributed by atoms with Crippen LogP contribution >= 0.6 is 0 Å². The Hall–Kier alpha value is -6.34. The minimum atomic E-state index is -0.270. The van der Waals surface area contributed by atoms with Gasteiger partial charge in [0.2, 0.25) is 0 Å². The van der Waals surface area contributed by atoms with Crippen LogP contribution in [0.1, 0.15) is 49.9 Å². The van der Waals surface area contributed by atoms with E-state index in [0.717, 1.165) is 34.1 Å². The molecule has 0 fully saturated rings. The van der Waals surface area contributed by atoms with Crippen molar-refractivity contribution in [1.29, 1.82) is 0 Å². The second-order valence-corrected chi connectivity index (χ2v) is 14.6. The van der Waals surface area contributed by atoms with Gasteiger partial charge in [0.1, 0.15) is 0 Å². The van der Waals surface area contributed by atoms with Crippen molar-refractivity contribution in [1.82, 2.24) is 24.5 Å². The van der Waals surface area contributed by atoms with Gasteiger partial charge in [-0.25, -0.2) is 0 Å². The van der Waals surface area contributed by atoms with Gasteiger partial charge in [-0.15, -0.1) is 0 Å². The molecule has 0 spiro atoms. The maximum Gasteiger partial charge on any atom is 0.0645 e. The Labute approximate surface area is 296 Å². The van der Waals surface area contributed by atoms with Crippen molar-refractivity contribution < 1.29 is 0 Å². The van der Waals surface area contributed by atoms with Crippen molar-refractivity contribution in [3.63, 3.8) is 0 Å². The minimum Gasteiger partial charge on any atom is -0.308 e. The number of anilines is 6. The van der Waals surface area contributed by atoms with Gasteiger partial charge in [0.05, 0.1) is 64.3 Å². The fourth-order valence-corrected chi connectivity index (χ4v) is 8.60. The molecule has 0 aliphatic carbocycles. The van der Waals surface area contributed by atoms with Crippen LogP contribution in [0, 0.1) is 0 Å². The average molecular weight is 662 g/mol. The van der Waals surface area contributed by atoms with E-state index in [2.05, 4.69) is 129 Å². The standard InChI is InChI=1S/C44H35N7/c1-43(2)36-14-5-15-37-42(36)51-40-34(20-32(22-38(40)43)49(28-10-6-16-45-24-28)29-11-7-17-46-25-29)35-21-33(23-39(41(35)51)44(37,3)4)50(30-12-8-18-47-26-30)31-13-9-19-48-27-31/h5-27H,1-4H3. The first kappa shape index (κ1) is 29.6. The number of rotatable bonds is 6. The molecule has 0 bridgehead atoms. The SMILES string of the molecule is CC1(C)c2cccc3c2-n2c4c1cc(N(c1cccnc1)c1cccnc1)cc4c1cc(N(c4cccnc4)c4cccnc4)cc(c12)C3(C)C. The number of fused-ring (bicyclic) bond motifs is 1.